The summed E-state index contributed by atoms with van der Waals surface area (Å²) in [6.07, 6.45) is 8.61. The number of anilines is 2. The third-order valence-corrected chi connectivity index (χ3v) is 4.16. The van der Waals surface area contributed by atoms with Crippen molar-refractivity contribution in [3.05, 3.63) is 18.3 Å². The van der Waals surface area contributed by atoms with Gasteiger partial charge in [-0.1, -0.05) is 6.92 Å². The molecule has 0 spiro atoms. The second-order valence-corrected chi connectivity index (χ2v) is 5.60. The van der Waals surface area contributed by atoms with Gasteiger partial charge in [-0.15, -0.1) is 0 Å². The number of hydrogen-bond acceptors (Lipinski definition) is 3. The van der Waals surface area contributed by atoms with Crippen molar-refractivity contribution in [3.8, 4) is 0 Å². The lowest BCUT2D eigenvalue weighted by Crippen LogP contribution is -2.21. The molecule has 1 saturated heterocycles. The lowest BCUT2D eigenvalue weighted by molar-refractivity contribution is 0.616. The summed E-state index contributed by atoms with van der Waals surface area (Å²) in [5, 5.41) is 3.63. The molecule has 0 bridgehead atoms. The Labute approximate surface area is 110 Å². The van der Waals surface area contributed by atoms with E-state index < -0.39 is 0 Å². The van der Waals surface area contributed by atoms with Crippen LogP contribution in [-0.4, -0.2) is 24.1 Å². The molecular weight excluding hydrogens is 222 g/mol. The smallest absolute Gasteiger partial charge is 0.128 e. The summed E-state index contributed by atoms with van der Waals surface area (Å²) >= 11 is 0. The Balaban J connectivity index is 1.62. The molecule has 1 unspecified atom stereocenters. The van der Waals surface area contributed by atoms with Crippen molar-refractivity contribution >= 4 is 11.5 Å². The molecule has 1 aromatic heterocycles. The van der Waals surface area contributed by atoms with Crippen LogP contribution in [-0.2, 0) is 0 Å². The monoisotopic (exact) mass is 245 g/mol. The van der Waals surface area contributed by atoms with Crippen LogP contribution in [0.3, 0.4) is 0 Å². The summed E-state index contributed by atoms with van der Waals surface area (Å²) < 4.78 is 0. The largest absolute Gasteiger partial charge is 0.381 e. The molecule has 0 amide bonds. The van der Waals surface area contributed by atoms with Gasteiger partial charge in [-0.3, -0.25) is 0 Å². The predicted molar refractivity (Wildman–Crippen MR) is 76.1 cm³/mol. The molecule has 1 saturated carbocycles. The van der Waals surface area contributed by atoms with Gasteiger partial charge < -0.3 is 10.2 Å². The first-order valence-corrected chi connectivity index (χ1v) is 7.34. The fraction of sp³-hybridized carbons (Fsp3) is 0.667. The van der Waals surface area contributed by atoms with Crippen LogP contribution >= 0.6 is 0 Å². The van der Waals surface area contributed by atoms with Gasteiger partial charge in [0.05, 0.1) is 11.9 Å². The Morgan fingerprint density at radius 1 is 1.33 bits per heavy atom. The standard InChI is InChI=1S/C15H23N3/c1-2-14(12-5-6-12)17-13-7-8-15(16-11-13)18-9-3-4-10-18/h7-8,11-12,14,17H,2-6,9-10H2,1H3. The molecule has 3 nitrogen and oxygen atoms in total. The first-order chi connectivity index (χ1) is 8.86. The lowest BCUT2D eigenvalue weighted by atomic mass is 10.1. The van der Waals surface area contributed by atoms with Crippen molar-refractivity contribution < 1.29 is 0 Å². The van der Waals surface area contributed by atoms with E-state index in [4.69, 9.17) is 0 Å². The van der Waals surface area contributed by atoms with Gasteiger partial charge in [0.15, 0.2) is 0 Å². The van der Waals surface area contributed by atoms with Crippen molar-refractivity contribution in [2.75, 3.05) is 23.3 Å². The van der Waals surface area contributed by atoms with Crippen molar-refractivity contribution in [1.29, 1.82) is 0 Å². The summed E-state index contributed by atoms with van der Waals surface area (Å²) in [5.74, 6) is 2.03. The Morgan fingerprint density at radius 3 is 2.67 bits per heavy atom. The van der Waals surface area contributed by atoms with Crippen LogP contribution in [0.2, 0.25) is 0 Å². The minimum absolute atomic E-state index is 0.643. The molecule has 1 aliphatic carbocycles. The highest BCUT2D eigenvalue weighted by Crippen LogP contribution is 2.35. The van der Waals surface area contributed by atoms with Crippen LogP contribution in [0.4, 0.5) is 11.5 Å². The maximum atomic E-state index is 4.59. The molecule has 0 radical (unpaired) electrons. The molecule has 18 heavy (non-hydrogen) atoms. The zero-order valence-corrected chi connectivity index (χ0v) is 11.2. The summed E-state index contributed by atoms with van der Waals surface area (Å²) in [5.41, 5.74) is 1.18. The van der Waals surface area contributed by atoms with E-state index in [0.717, 1.165) is 11.7 Å². The van der Waals surface area contributed by atoms with Gasteiger partial charge in [-0.25, -0.2) is 4.98 Å². The van der Waals surface area contributed by atoms with Gasteiger partial charge in [0.25, 0.3) is 0 Å². The van der Waals surface area contributed by atoms with E-state index in [9.17, 15) is 0 Å². The molecule has 2 fully saturated rings. The number of nitrogens with one attached hydrogen (secondary N) is 1. The Kier molecular flexibility index (Phi) is 3.39. The minimum Gasteiger partial charge on any atom is -0.381 e. The number of aromatic nitrogens is 1. The maximum absolute atomic E-state index is 4.59. The van der Waals surface area contributed by atoms with E-state index in [1.54, 1.807) is 0 Å². The highest BCUT2D eigenvalue weighted by molar-refractivity contribution is 5.49. The van der Waals surface area contributed by atoms with E-state index in [-0.39, 0.29) is 0 Å². The van der Waals surface area contributed by atoms with Crippen molar-refractivity contribution in [2.45, 2.75) is 45.1 Å². The zero-order chi connectivity index (χ0) is 12.4. The third-order valence-electron chi connectivity index (χ3n) is 4.16. The van der Waals surface area contributed by atoms with Crippen molar-refractivity contribution in [1.82, 2.24) is 4.98 Å². The molecule has 98 valence electrons. The molecule has 2 heterocycles. The van der Waals surface area contributed by atoms with Crippen LogP contribution in [0, 0.1) is 5.92 Å². The van der Waals surface area contributed by atoms with Gasteiger partial charge >= 0.3 is 0 Å². The fourth-order valence-electron chi connectivity index (χ4n) is 2.87. The van der Waals surface area contributed by atoms with Crippen LogP contribution in [0.25, 0.3) is 0 Å². The van der Waals surface area contributed by atoms with Crippen LogP contribution in [0.5, 0.6) is 0 Å². The number of rotatable bonds is 5. The van der Waals surface area contributed by atoms with Gasteiger partial charge in [0.1, 0.15) is 5.82 Å². The first-order valence-electron chi connectivity index (χ1n) is 7.34. The van der Waals surface area contributed by atoms with Gasteiger partial charge in [0, 0.05) is 19.1 Å². The third kappa shape index (κ3) is 2.60. The number of hydrogen-bond donors (Lipinski definition) is 1. The SMILES string of the molecule is CCC(Nc1ccc(N2CCCC2)nc1)C1CC1. The molecule has 1 aliphatic heterocycles. The minimum atomic E-state index is 0.643. The normalized spacial score (nSPS) is 21.1. The van der Waals surface area contributed by atoms with Gasteiger partial charge in [-0.05, 0) is 50.2 Å². The average Bonchev–Trinajstić information content (AvgIpc) is 3.11. The number of pyridine rings is 1. The quantitative estimate of drug-likeness (QED) is 0.863. The maximum Gasteiger partial charge on any atom is 0.128 e. The van der Waals surface area contributed by atoms with Gasteiger partial charge in [-0.2, -0.15) is 0 Å². The summed E-state index contributed by atoms with van der Waals surface area (Å²) in [4.78, 5) is 6.97. The molecule has 1 aromatic rings. The zero-order valence-electron chi connectivity index (χ0n) is 11.2. The second-order valence-electron chi connectivity index (χ2n) is 5.60. The van der Waals surface area contributed by atoms with Crippen molar-refractivity contribution in [3.63, 3.8) is 0 Å². The molecule has 0 aromatic carbocycles. The Hall–Kier alpha value is -1.25. The molecule has 3 rings (SSSR count). The van der Waals surface area contributed by atoms with Gasteiger partial charge in [0.2, 0.25) is 0 Å². The van der Waals surface area contributed by atoms with E-state index in [1.807, 2.05) is 6.20 Å². The predicted octanol–water partition coefficient (Wildman–Crippen LogP) is 3.28. The highest BCUT2D eigenvalue weighted by atomic mass is 15.2. The second kappa shape index (κ2) is 5.17. The molecule has 3 heteroatoms. The lowest BCUT2D eigenvalue weighted by Gasteiger charge is -2.19. The summed E-state index contributed by atoms with van der Waals surface area (Å²) in [6.45, 7) is 4.60. The first kappa shape index (κ1) is 11.8. The van der Waals surface area contributed by atoms with Crippen LogP contribution in [0.1, 0.15) is 39.0 Å². The molecule has 2 aliphatic rings. The summed E-state index contributed by atoms with van der Waals surface area (Å²) in [6, 6.07) is 4.99. The van der Waals surface area contributed by atoms with E-state index in [1.165, 1.54) is 50.9 Å². The molecular formula is C15H23N3. The fourth-order valence-corrected chi connectivity index (χ4v) is 2.87. The van der Waals surface area contributed by atoms with E-state index >= 15 is 0 Å². The Morgan fingerprint density at radius 2 is 2.11 bits per heavy atom. The average molecular weight is 245 g/mol. The van der Waals surface area contributed by atoms with Crippen molar-refractivity contribution in [2.24, 2.45) is 5.92 Å². The topological polar surface area (TPSA) is 28.2 Å². The summed E-state index contributed by atoms with van der Waals surface area (Å²) in [7, 11) is 0. The Bertz CT molecular complexity index is 377. The van der Waals surface area contributed by atoms with E-state index in [2.05, 4.69) is 34.3 Å². The van der Waals surface area contributed by atoms with Crippen LogP contribution in [0.15, 0.2) is 18.3 Å². The highest BCUT2D eigenvalue weighted by Gasteiger charge is 2.29. The van der Waals surface area contributed by atoms with Crippen LogP contribution < -0.4 is 10.2 Å². The molecule has 1 atom stereocenters. The van der Waals surface area contributed by atoms with E-state index in [0.29, 0.717) is 6.04 Å². The number of nitrogens with zero attached hydrogens (tertiary/aromatic N) is 2. The molecule has 1 N–H and O–H groups in total.